The summed E-state index contributed by atoms with van der Waals surface area (Å²) in [7, 11) is 0. The van der Waals surface area contributed by atoms with Crippen LogP contribution in [0.5, 0.6) is 5.75 Å². The van der Waals surface area contributed by atoms with E-state index in [1.807, 2.05) is 0 Å². The maximum Gasteiger partial charge on any atom is 0.459 e. The number of ether oxygens (including phenoxy) is 1. The van der Waals surface area contributed by atoms with Gasteiger partial charge in [0.05, 0.1) is 5.69 Å². The van der Waals surface area contributed by atoms with Crippen LogP contribution in [0, 0.1) is 12.3 Å². The number of rotatable bonds is 5. The van der Waals surface area contributed by atoms with Crippen LogP contribution in [0.2, 0.25) is 0 Å². The van der Waals surface area contributed by atoms with E-state index in [0.29, 0.717) is 28.9 Å². The molecule has 5 nitrogen and oxygen atoms in total. The molecule has 0 aliphatic heterocycles. The Morgan fingerprint density at radius 3 is 2.21 bits per heavy atom. The molecule has 0 saturated carbocycles. The van der Waals surface area contributed by atoms with Crippen molar-refractivity contribution in [2.45, 2.75) is 19.0 Å². The number of hydrogen-bond acceptors (Lipinski definition) is 4. The molecular weight excluding hydrogens is 390 g/mol. The molecule has 9 heteroatoms. The molecule has 2 aromatic carbocycles. The van der Waals surface area contributed by atoms with Crippen molar-refractivity contribution in [2.75, 3.05) is 0 Å². The third-order valence-electron chi connectivity index (χ3n) is 3.94. The maximum absolute atomic E-state index is 13.6. The summed E-state index contributed by atoms with van der Waals surface area (Å²) in [5.74, 6) is -1.32. The van der Waals surface area contributed by atoms with Gasteiger partial charge >= 0.3 is 12.0 Å². The predicted octanol–water partition coefficient (Wildman–Crippen LogP) is 4.35. The van der Waals surface area contributed by atoms with Gasteiger partial charge in [-0.05, 0) is 30.2 Å². The van der Waals surface area contributed by atoms with Crippen LogP contribution in [0.15, 0.2) is 48.5 Å². The van der Waals surface area contributed by atoms with E-state index in [0.717, 1.165) is 0 Å². The summed E-state index contributed by atoms with van der Waals surface area (Å²) < 4.78 is 57.2. The van der Waals surface area contributed by atoms with Crippen LogP contribution in [-0.2, 0) is 0 Å². The highest BCUT2D eigenvalue weighted by molar-refractivity contribution is 5.76. The molecule has 29 heavy (non-hydrogen) atoms. The van der Waals surface area contributed by atoms with Crippen molar-refractivity contribution < 1.29 is 27.1 Å². The van der Waals surface area contributed by atoms with Crippen molar-refractivity contribution in [1.29, 1.82) is 0 Å². The van der Waals surface area contributed by atoms with Crippen LogP contribution in [0.4, 0.5) is 17.6 Å². The zero-order chi connectivity index (χ0) is 21.2. The topological polar surface area (TPSA) is 57.0 Å². The van der Waals surface area contributed by atoms with Gasteiger partial charge in [-0.15, -0.1) is 11.5 Å². The number of alkyl halides is 4. The fraction of sp³-hybridized carbons (Fsp3) is 0.150. The van der Waals surface area contributed by atoms with Crippen molar-refractivity contribution in [3.05, 3.63) is 59.9 Å². The normalized spacial score (nSPS) is 13.4. The Kier molecular flexibility index (Phi) is 5.12. The molecule has 0 spiro atoms. The van der Waals surface area contributed by atoms with Crippen molar-refractivity contribution in [3.63, 3.8) is 0 Å². The molecule has 0 N–H and O–H groups in total. The van der Waals surface area contributed by atoms with Gasteiger partial charge in [0.15, 0.2) is 5.82 Å². The summed E-state index contributed by atoms with van der Waals surface area (Å²) in [5.41, 5.74) is 1.49. The van der Waals surface area contributed by atoms with E-state index in [-0.39, 0.29) is 18.5 Å². The van der Waals surface area contributed by atoms with Crippen molar-refractivity contribution in [1.82, 2.24) is 14.8 Å². The zero-order valence-corrected chi connectivity index (χ0v) is 14.9. The first kappa shape index (κ1) is 20.1. The van der Waals surface area contributed by atoms with Crippen molar-refractivity contribution >= 4 is 6.29 Å². The summed E-state index contributed by atoms with van der Waals surface area (Å²) >= 11 is 0. The number of benzene rings is 2. The third-order valence-corrected chi connectivity index (χ3v) is 3.94. The van der Waals surface area contributed by atoms with E-state index in [1.54, 1.807) is 24.3 Å². The lowest BCUT2D eigenvalue weighted by atomic mass is 10.1. The minimum absolute atomic E-state index is 0.152. The van der Waals surface area contributed by atoms with Gasteiger partial charge in [-0.3, -0.25) is 4.79 Å². The minimum Gasteiger partial charge on any atom is -0.450 e. The fourth-order valence-electron chi connectivity index (χ4n) is 2.35. The van der Waals surface area contributed by atoms with E-state index < -0.39 is 12.0 Å². The number of aldehydes is 1. The van der Waals surface area contributed by atoms with Crippen LogP contribution in [-0.4, -0.2) is 33.1 Å². The Labute approximate surface area is 162 Å². The number of nitrogens with zero attached hydrogens (tertiary/aromatic N) is 3. The van der Waals surface area contributed by atoms with E-state index >= 15 is 0 Å². The first-order chi connectivity index (χ1) is 13.6. The average Bonchev–Trinajstić information content (AvgIpc) is 3.12. The SMILES string of the molecule is C#Cc1nc(-c2ccc(C=O)cc2)nn1-c1ccc(OC(C)(F)C(F)(F)F)cc1. The number of carbonyl (C=O) groups is 1. The Morgan fingerprint density at radius 1 is 1.07 bits per heavy atom. The molecule has 3 rings (SSSR count). The summed E-state index contributed by atoms with van der Waals surface area (Å²) in [6.45, 7) is 0.289. The first-order valence-electron chi connectivity index (χ1n) is 8.19. The Balaban J connectivity index is 1.90. The van der Waals surface area contributed by atoms with Gasteiger partial charge in [-0.2, -0.15) is 22.5 Å². The van der Waals surface area contributed by atoms with Crippen LogP contribution < -0.4 is 4.74 Å². The van der Waals surface area contributed by atoms with E-state index in [1.165, 1.54) is 28.9 Å². The fourth-order valence-corrected chi connectivity index (χ4v) is 2.35. The monoisotopic (exact) mass is 403 g/mol. The third kappa shape index (κ3) is 4.11. The number of carbonyl (C=O) groups excluding carboxylic acids is 1. The van der Waals surface area contributed by atoms with Gasteiger partial charge in [-0.25, -0.2) is 4.68 Å². The Morgan fingerprint density at radius 2 is 1.69 bits per heavy atom. The molecule has 0 aliphatic rings. The average molecular weight is 403 g/mol. The molecule has 0 bridgehead atoms. The molecule has 1 aromatic heterocycles. The molecule has 0 saturated heterocycles. The quantitative estimate of drug-likeness (QED) is 0.361. The molecule has 1 atom stereocenters. The lowest BCUT2D eigenvalue weighted by Crippen LogP contribution is -2.43. The summed E-state index contributed by atoms with van der Waals surface area (Å²) in [6.07, 6.45) is 0.991. The lowest BCUT2D eigenvalue weighted by molar-refractivity contribution is -0.293. The molecule has 148 valence electrons. The number of hydrogen-bond donors (Lipinski definition) is 0. The van der Waals surface area contributed by atoms with Crippen molar-refractivity contribution in [3.8, 4) is 35.2 Å². The van der Waals surface area contributed by atoms with E-state index in [4.69, 9.17) is 6.42 Å². The van der Waals surface area contributed by atoms with Gasteiger partial charge in [0.1, 0.15) is 12.0 Å². The molecular formula is C20H13F4N3O2. The number of aromatic nitrogens is 3. The summed E-state index contributed by atoms with van der Waals surface area (Å²) in [6, 6.07) is 11.6. The Bertz CT molecular complexity index is 1060. The molecule has 3 aromatic rings. The van der Waals surface area contributed by atoms with E-state index in [2.05, 4.69) is 20.7 Å². The van der Waals surface area contributed by atoms with Crippen LogP contribution >= 0.6 is 0 Å². The zero-order valence-electron chi connectivity index (χ0n) is 14.9. The van der Waals surface area contributed by atoms with E-state index in [9.17, 15) is 22.4 Å². The van der Waals surface area contributed by atoms with Crippen LogP contribution in [0.1, 0.15) is 23.1 Å². The second-order valence-electron chi connectivity index (χ2n) is 6.07. The lowest BCUT2D eigenvalue weighted by Gasteiger charge is -2.24. The van der Waals surface area contributed by atoms with Gasteiger partial charge in [0, 0.05) is 18.1 Å². The van der Waals surface area contributed by atoms with Crippen molar-refractivity contribution in [2.24, 2.45) is 0 Å². The van der Waals surface area contributed by atoms with Gasteiger partial charge < -0.3 is 4.74 Å². The minimum atomic E-state index is -5.18. The summed E-state index contributed by atoms with van der Waals surface area (Å²) in [5, 5.41) is 4.30. The standard InChI is InChI=1S/C20H13F4N3O2/c1-3-17-25-18(14-6-4-13(12-28)5-7-14)26-27(17)15-8-10-16(11-9-15)29-19(2,21)20(22,23)24/h1,4-12H,2H3. The Hall–Kier alpha value is -3.67. The maximum atomic E-state index is 13.6. The molecule has 0 aliphatic carbocycles. The first-order valence-corrected chi connectivity index (χ1v) is 8.19. The molecule has 0 radical (unpaired) electrons. The van der Waals surface area contributed by atoms with Gasteiger partial charge in [0.25, 0.3) is 0 Å². The predicted molar refractivity (Wildman–Crippen MR) is 96.3 cm³/mol. The molecule has 1 unspecified atom stereocenters. The van der Waals surface area contributed by atoms with Crippen LogP contribution in [0.25, 0.3) is 17.1 Å². The van der Waals surface area contributed by atoms with Gasteiger partial charge in [0.2, 0.25) is 5.82 Å². The number of terminal acetylenes is 1. The highest BCUT2D eigenvalue weighted by Crippen LogP contribution is 2.35. The van der Waals surface area contributed by atoms with Crippen LogP contribution in [0.3, 0.4) is 0 Å². The second-order valence-corrected chi connectivity index (χ2v) is 6.07. The highest BCUT2D eigenvalue weighted by Gasteiger charge is 2.55. The molecule has 0 fully saturated rings. The highest BCUT2D eigenvalue weighted by atomic mass is 19.4. The largest absolute Gasteiger partial charge is 0.459 e. The second kappa shape index (κ2) is 7.39. The number of halogens is 4. The molecule has 0 amide bonds. The molecule has 1 heterocycles. The van der Waals surface area contributed by atoms with Gasteiger partial charge in [-0.1, -0.05) is 24.3 Å². The summed E-state index contributed by atoms with van der Waals surface area (Å²) in [4.78, 5) is 15.0. The smallest absolute Gasteiger partial charge is 0.450 e.